The molecule has 1 saturated heterocycles. The molecular weight excluding hydrogens is 506 g/mol. The number of hydrogen-bond acceptors (Lipinski definition) is 4. The van der Waals surface area contributed by atoms with Crippen molar-refractivity contribution in [2.75, 3.05) is 26.2 Å². The van der Waals surface area contributed by atoms with E-state index in [1.807, 2.05) is 18.7 Å². The minimum absolute atomic E-state index is 0.126. The van der Waals surface area contributed by atoms with Crippen molar-refractivity contribution in [3.05, 3.63) is 28.7 Å². The number of hydrogen-bond donors (Lipinski definition) is 1. The van der Waals surface area contributed by atoms with Crippen LogP contribution in [0.5, 0.6) is 0 Å². The van der Waals surface area contributed by atoms with Crippen molar-refractivity contribution in [1.82, 2.24) is 14.5 Å². The van der Waals surface area contributed by atoms with E-state index in [4.69, 9.17) is 0 Å². The maximum Gasteiger partial charge on any atom is 0.241 e. The van der Waals surface area contributed by atoms with Crippen LogP contribution in [0.25, 0.3) is 0 Å². The molecule has 7 nitrogen and oxygen atoms in total. The topological polar surface area (TPSA) is 86.8 Å². The number of nitrogens with zero attached hydrogens (tertiary/aromatic N) is 2. The van der Waals surface area contributed by atoms with Gasteiger partial charge in [-0.15, -0.1) is 0 Å². The molecule has 33 heavy (non-hydrogen) atoms. The number of rotatable bonds is 12. The molecule has 0 bridgehead atoms. The van der Waals surface area contributed by atoms with Gasteiger partial charge in [0.2, 0.25) is 21.8 Å². The SMILES string of the molecule is CCCCCCCC(=O)N1CCN(C(=O)C(NS(=O)(=O)c2ccc(Br)cc2)C(C)CC)CC1. The predicted octanol–water partition coefficient (Wildman–Crippen LogP) is 4.17. The van der Waals surface area contributed by atoms with Crippen LogP contribution in [0.4, 0.5) is 0 Å². The molecule has 2 amide bonds. The third kappa shape index (κ3) is 8.37. The summed E-state index contributed by atoms with van der Waals surface area (Å²) >= 11 is 3.31. The highest BCUT2D eigenvalue weighted by Gasteiger charge is 2.34. The summed E-state index contributed by atoms with van der Waals surface area (Å²) in [5.41, 5.74) is 0. The number of piperazine rings is 1. The molecule has 2 rings (SSSR count). The van der Waals surface area contributed by atoms with Gasteiger partial charge < -0.3 is 9.80 Å². The van der Waals surface area contributed by atoms with Crippen LogP contribution in [-0.2, 0) is 19.6 Å². The van der Waals surface area contributed by atoms with Crippen LogP contribution in [-0.4, -0.2) is 62.3 Å². The van der Waals surface area contributed by atoms with Gasteiger partial charge in [0.25, 0.3) is 0 Å². The third-order valence-electron chi connectivity index (χ3n) is 6.32. The Kier molecular flexibility index (Phi) is 11.3. The van der Waals surface area contributed by atoms with E-state index >= 15 is 0 Å². The highest BCUT2D eigenvalue weighted by atomic mass is 79.9. The van der Waals surface area contributed by atoms with Crippen LogP contribution in [0.3, 0.4) is 0 Å². The molecule has 0 saturated carbocycles. The lowest BCUT2D eigenvalue weighted by molar-refractivity contribution is -0.141. The number of carbonyl (C=O) groups excluding carboxylic acids is 2. The molecule has 186 valence electrons. The first-order chi connectivity index (χ1) is 15.7. The molecule has 9 heteroatoms. The Labute approximate surface area is 207 Å². The maximum absolute atomic E-state index is 13.3. The number of benzene rings is 1. The summed E-state index contributed by atoms with van der Waals surface area (Å²) < 4.78 is 29.3. The number of halogens is 1. The van der Waals surface area contributed by atoms with Crippen molar-refractivity contribution in [3.8, 4) is 0 Å². The first-order valence-electron chi connectivity index (χ1n) is 12.0. The predicted molar refractivity (Wildman–Crippen MR) is 134 cm³/mol. The van der Waals surface area contributed by atoms with Gasteiger partial charge in [-0.05, 0) is 36.6 Å². The molecule has 0 aromatic heterocycles. The van der Waals surface area contributed by atoms with Crippen LogP contribution in [0, 0.1) is 5.92 Å². The normalized spacial score (nSPS) is 16.5. The highest BCUT2D eigenvalue weighted by Crippen LogP contribution is 2.19. The zero-order valence-electron chi connectivity index (χ0n) is 20.1. The molecule has 1 aromatic rings. The third-order valence-corrected chi connectivity index (χ3v) is 8.31. The zero-order valence-corrected chi connectivity index (χ0v) is 22.5. The Hall–Kier alpha value is -1.45. The fourth-order valence-corrected chi connectivity index (χ4v) is 5.47. The second-order valence-corrected chi connectivity index (χ2v) is 11.4. The minimum atomic E-state index is -3.84. The van der Waals surface area contributed by atoms with Gasteiger partial charge in [-0.2, -0.15) is 4.72 Å². The summed E-state index contributed by atoms with van der Waals surface area (Å²) in [4.78, 5) is 29.4. The molecule has 0 aliphatic carbocycles. The molecule has 2 unspecified atom stereocenters. The molecule has 1 heterocycles. The van der Waals surface area contributed by atoms with E-state index < -0.39 is 16.1 Å². The fraction of sp³-hybridized carbons (Fsp3) is 0.667. The average Bonchev–Trinajstić information content (AvgIpc) is 2.81. The van der Waals surface area contributed by atoms with Crippen molar-refractivity contribution < 1.29 is 18.0 Å². The van der Waals surface area contributed by atoms with Gasteiger partial charge in [-0.1, -0.05) is 68.8 Å². The molecule has 1 fully saturated rings. The average molecular weight is 545 g/mol. The largest absolute Gasteiger partial charge is 0.339 e. The Bertz CT molecular complexity index is 868. The zero-order chi connectivity index (χ0) is 24.4. The van der Waals surface area contributed by atoms with Crippen molar-refractivity contribution in [3.63, 3.8) is 0 Å². The highest BCUT2D eigenvalue weighted by molar-refractivity contribution is 9.10. The molecule has 0 radical (unpaired) electrons. The Morgan fingerprint density at radius 1 is 0.970 bits per heavy atom. The van der Waals surface area contributed by atoms with Crippen LogP contribution >= 0.6 is 15.9 Å². The number of amides is 2. The van der Waals surface area contributed by atoms with Gasteiger partial charge in [0, 0.05) is 37.1 Å². The van der Waals surface area contributed by atoms with E-state index in [1.54, 1.807) is 17.0 Å². The second kappa shape index (κ2) is 13.4. The van der Waals surface area contributed by atoms with Crippen molar-refractivity contribution in [2.45, 2.75) is 76.7 Å². The molecule has 1 aromatic carbocycles. The summed E-state index contributed by atoms with van der Waals surface area (Å²) in [5, 5.41) is 0. The Morgan fingerprint density at radius 3 is 2.12 bits per heavy atom. The fourth-order valence-electron chi connectivity index (χ4n) is 3.91. The van der Waals surface area contributed by atoms with E-state index in [0.717, 1.165) is 17.3 Å². The van der Waals surface area contributed by atoms with Gasteiger partial charge in [0.15, 0.2) is 0 Å². The van der Waals surface area contributed by atoms with Gasteiger partial charge in [-0.25, -0.2) is 8.42 Å². The summed E-state index contributed by atoms with van der Waals surface area (Å²) in [6.45, 7) is 7.82. The van der Waals surface area contributed by atoms with Crippen molar-refractivity contribution in [2.24, 2.45) is 5.92 Å². The van der Waals surface area contributed by atoms with Crippen LogP contribution in [0.15, 0.2) is 33.6 Å². The Balaban J connectivity index is 1.96. The van der Waals surface area contributed by atoms with Crippen LogP contribution in [0.1, 0.15) is 65.7 Å². The standard InChI is InChI=1S/C24H38BrN3O4S/c1-4-6-7-8-9-10-22(29)27-15-17-28(18-16-27)24(30)23(19(3)5-2)26-33(31,32)21-13-11-20(25)12-14-21/h11-14,19,23,26H,4-10,15-18H2,1-3H3. The second-order valence-electron chi connectivity index (χ2n) is 8.81. The molecule has 1 N–H and O–H groups in total. The lowest BCUT2D eigenvalue weighted by atomic mass is 9.98. The Morgan fingerprint density at radius 2 is 1.55 bits per heavy atom. The summed E-state index contributed by atoms with van der Waals surface area (Å²) in [6.07, 6.45) is 6.76. The molecule has 2 atom stereocenters. The van der Waals surface area contributed by atoms with E-state index in [2.05, 4.69) is 27.6 Å². The number of unbranched alkanes of at least 4 members (excludes halogenated alkanes) is 4. The van der Waals surface area contributed by atoms with E-state index in [9.17, 15) is 18.0 Å². The van der Waals surface area contributed by atoms with Crippen LogP contribution in [0.2, 0.25) is 0 Å². The number of sulfonamides is 1. The monoisotopic (exact) mass is 543 g/mol. The summed E-state index contributed by atoms with van der Waals surface area (Å²) in [7, 11) is -3.84. The van der Waals surface area contributed by atoms with Gasteiger partial charge in [-0.3, -0.25) is 9.59 Å². The van der Waals surface area contributed by atoms with Crippen LogP contribution < -0.4 is 4.72 Å². The van der Waals surface area contributed by atoms with E-state index in [1.165, 1.54) is 31.4 Å². The maximum atomic E-state index is 13.3. The first-order valence-corrected chi connectivity index (χ1v) is 14.3. The minimum Gasteiger partial charge on any atom is -0.339 e. The van der Waals surface area contributed by atoms with Crippen molar-refractivity contribution in [1.29, 1.82) is 0 Å². The lowest BCUT2D eigenvalue weighted by Gasteiger charge is -2.37. The smallest absolute Gasteiger partial charge is 0.241 e. The van der Waals surface area contributed by atoms with Gasteiger partial charge in [0.1, 0.15) is 6.04 Å². The number of carbonyl (C=O) groups is 2. The van der Waals surface area contributed by atoms with E-state index in [0.29, 0.717) is 39.0 Å². The van der Waals surface area contributed by atoms with Crippen molar-refractivity contribution >= 4 is 37.8 Å². The molecular formula is C24H38BrN3O4S. The quantitative estimate of drug-likeness (QED) is 0.400. The molecule has 0 spiro atoms. The molecule has 1 aliphatic heterocycles. The lowest BCUT2D eigenvalue weighted by Crippen LogP contribution is -2.57. The van der Waals surface area contributed by atoms with Gasteiger partial charge >= 0.3 is 0 Å². The molecule has 1 aliphatic rings. The summed E-state index contributed by atoms with van der Waals surface area (Å²) in [6, 6.07) is 5.50. The van der Waals surface area contributed by atoms with E-state index in [-0.39, 0.29) is 22.6 Å². The first kappa shape index (κ1) is 27.8. The van der Waals surface area contributed by atoms with Gasteiger partial charge in [0.05, 0.1) is 4.90 Å². The summed E-state index contributed by atoms with van der Waals surface area (Å²) in [5.74, 6) is -0.241. The number of nitrogens with one attached hydrogen (secondary N) is 1.